The second-order valence-corrected chi connectivity index (χ2v) is 4.98. The summed E-state index contributed by atoms with van der Waals surface area (Å²) >= 11 is 0. The van der Waals surface area contributed by atoms with Gasteiger partial charge in [-0.2, -0.15) is 5.26 Å². The number of carbonyl (C=O) groups is 2. The lowest BCUT2D eigenvalue weighted by Gasteiger charge is -2.08. The minimum Gasteiger partial charge on any atom is -0.454 e. The van der Waals surface area contributed by atoms with Crippen LogP contribution in [0.1, 0.15) is 27.0 Å². The maximum atomic E-state index is 11.6. The first-order valence-electron chi connectivity index (χ1n) is 7.38. The molecule has 0 unspecified atom stereocenters. The maximum absolute atomic E-state index is 11.6. The van der Waals surface area contributed by atoms with Crippen LogP contribution in [-0.4, -0.2) is 25.9 Å². The first-order valence-corrected chi connectivity index (χ1v) is 7.38. The smallest absolute Gasteiger partial charge is 0.339 e. The topological polar surface area (TPSA) is 79.2 Å². The molecular weight excluding hydrogens is 304 g/mol. The number of rotatable bonds is 4. The van der Waals surface area contributed by atoms with Crippen LogP contribution >= 0.6 is 0 Å². The van der Waals surface area contributed by atoms with Gasteiger partial charge in [0, 0.05) is 12.7 Å². The van der Waals surface area contributed by atoms with E-state index in [9.17, 15) is 9.59 Å². The van der Waals surface area contributed by atoms with Crippen molar-refractivity contribution in [1.82, 2.24) is 0 Å². The van der Waals surface area contributed by atoms with E-state index in [0.717, 1.165) is 5.69 Å². The Labute approximate surface area is 141 Å². The molecule has 0 heterocycles. The third-order valence-electron chi connectivity index (χ3n) is 3.21. The van der Waals surface area contributed by atoms with Crippen LogP contribution < -0.4 is 5.32 Å². The van der Waals surface area contributed by atoms with Gasteiger partial charge < -0.3 is 10.1 Å². The predicted octanol–water partition coefficient (Wildman–Crippen LogP) is 3.26. The maximum Gasteiger partial charge on any atom is 0.339 e. The Morgan fingerprint density at radius 1 is 1.21 bits per heavy atom. The number of esters is 1. The number of nitrogens with zero attached hydrogens (tertiary/aromatic N) is 1. The van der Waals surface area contributed by atoms with E-state index in [2.05, 4.69) is 5.32 Å². The van der Waals surface area contributed by atoms with Gasteiger partial charge in [-0.15, -0.1) is 0 Å². The van der Waals surface area contributed by atoms with Gasteiger partial charge in [0.25, 0.3) is 0 Å². The van der Waals surface area contributed by atoms with Crippen molar-refractivity contribution in [2.24, 2.45) is 0 Å². The number of aldehydes is 1. The first kappa shape index (κ1) is 18.9. The number of hydrogen-bond acceptors (Lipinski definition) is 5. The fourth-order valence-corrected chi connectivity index (χ4v) is 2.14. The molecule has 2 rings (SSSR count). The molecule has 0 saturated heterocycles. The summed E-state index contributed by atoms with van der Waals surface area (Å²) in [6.45, 7) is 3.20. The zero-order valence-electron chi connectivity index (χ0n) is 14.0. The number of hydrogen-bond donors (Lipinski definition) is 1. The average Bonchev–Trinajstić information content (AvgIpc) is 2.60. The van der Waals surface area contributed by atoms with Gasteiger partial charge >= 0.3 is 5.97 Å². The van der Waals surface area contributed by atoms with Crippen LogP contribution in [0.15, 0.2) is 42.5 Å². The monoisotopic (exact) mass is 324 g/mol. The quantitative estimate of drug-likeness (QED) is 0.690. The Hall–Kier alpha value is -3.13. The number of benzene rings is 2. The van der Waals surface area contributed by atoms with Crippen LogP contribution in [0.3, 0.4) is 0 Å². The molecule has 5 nitrogen and oxygen atoms in total. The summed E-state index contributed by atoms with van der Waals surface area (Å²) in [7, 11) is 1.91. The number of nitrogens with one attached hydrogen (secondary N) is 1. The van der Waals surface area contributed by atoms with E-state index in [-0.39, 0.29) is 6.61 Å². The predicted molar refractivity (Wildman–Crippen MR) is 93.0 cm³/mol. The van der Waals surface area contributed by atoms with Gasteiger partial charge in [0.05, 0.1) is 17.2 Å². The minimum absolute atomic E-state index is 0.252. The number of nitriles is 1. The summed E-state index contributed by atoms with van der Waals surface area (Å²) < 4.78 is 4.72. The highest BCUT2D eigenvalue weighted by Gasteiger charge is 2.14. The Kier molecular flexibility index (Phi) is 7.72. The molecule has 124 valence electrons. The molecule has 0 fully saturated rings. The van der Waals surface area contributed by atoms with Crippen LogP contribution in [0.2, 0.25) is 0 Å². The number of para-hydroxylation sites is 1. The fourth-order valence-electron chi connectivity index (χ4n) is 2.14. The normalized spacial score (nSPS) is 9.08. The molecule has 0 radical (unpaired) electrons. The highest BCUT2D eigenvalue weighted by atomic mass is 16.5. The zero-order chi connectivity index (χ0) is 17.9. The van der Waals surface area contributed by atoms with Crippen LogP contribution in [0, 0.1) is 25.2 Å². The second-order valence-electron chi connectivity index (χ2n) is 4.98. The molecule has 0 aliphatic rings. The molecule has 0 bridgehead atoms. The van der Waals surface area contributed by atoms with Crippen LogP contribution in [0.25, 0.3) is 0 Å². The SMILES string of the molecule is CNc1ccccc1.Cc1cc(C#N)cc(C)c1C(=O)OCC=O. The molecular formula is C19H20N2O3. The summed E-state index contributed by atoms with van der Waals surface area (Å²) in [6, 6.07) is 15.3. The molecule has 2 aromatic carbocycles. The van der Waals surface area contributed by atoms with Crippen molar-refractivity contribution in [3.05, 3.63) is 64.7 Å². The fraction of sp³-hybridized carbons (Fsp3) is 0.211. The Morgan fingerprint density at radius 2 is 1.79 bits per heavy atom. The van der Waals surface area contributed by atoms with Crippen LogP contribution in [0.5, 0.6) is 0 Å². The largest absolute Gasteiger partial charge is 0.454 e. The Morgan fingerprint density at radius 3 is 2.21 bits per heavy atom. The van der Waals surface area contributed by atoms with E-state index in [1.54, 1.807) is 26.0 Å². The average molecular weight is 324 g/mol. The molecule has 5 heteroatoms. The highest BCUT2D eigenvalue weighted by molar-refractivity contribution is 5.93. The van der Waals surface area contributed by atoms with E-state index in [0.29, 0.717) is 28.5 Å². The van der Waals surface area contributed by atoms with Crippen molar-refractivity contribution < 1.29 is 14.3 Å². The number of aryl methyl sites for hydroxylation is 2. The third-order valence-corrected chi connectivity index (χ3v) is 3.21. The van der Waals surface area contributed by atoms with Crippen molar-refractivity contribution in [3.8, 4) is 6.07 Å². The minimum atomic E-state index is -0.536. The molecule has 0 aliphatic heterocycles. The molecule has 0 amide bonds. The van der Waals surface area contributed by atoms with E-state index in [1.165, 1.54) is 0 Å². The summed E-state index contributed by atoms with van der Waals surface area (Å²) in [4.78, 5) is 21.7. The summed E-state index contributed by atoms with van der Waals surface area (Å²) in [5.41, 5.74) is 3.43. The standard InChI is InChI=1S/C12H11NO3.C7H9N/c1-8-5-10(7-13)6-9(2)11(8)12(15)16-4-3-14;1-8-7-5-3-2-4-6-7/h3,5-6H,4H2,1-2H3;2-6,8H,1H3. The van der Waals surface area contributed by atoms with E-state index < -0.39 is 5.97 Å². The first-order chi connectivity index (χ1) is 11.5. The van der Waals surface area contributed by atoms with Gasteiger partial charge in [0.2, 0.25) is 0 Å². The van der Waals surface area contributed by atoms with Crippen LogP contribution in [-0.2, 0) is 9.53 Å². The van der Waals surface area contributed by atoms with Crippen molar-refractivity contribution in [1.29, 1.82) is 5.26 Å². The van der Waals surface area contributed by atoms with Crippen LogP contribution in [0.4, 0.5) is 5.69 Å². The molecule has 0 spiro atoms. The molecule has 0 atom stereocenters. The lowest BCUT2D eigenvalue weighted by molar-refractivity contribution is -0.110. The van der Waals surface area contributed by atoms with E-state index in [4.69, 9.17) is 10.00 Å². The number of anilines is 1. The van der Waals surface area contributed by atoms with Gasteiger partial charge in [-0.25, -0.2) is 4.79 Å². The molecule has 24 heavy (non-hydrogen) atoms. The lowest BCUT2D eigenvalue weighted by atomic mass is 10.00. The number of carbonyl (C=O) groups excluding carboxylic acids is 2. The third kappa shape index (κ3) is 5.58. The Bertz CT molecular complexity index is 711. The van der Waals surface area contributed by atoms with Crippen molar-refractivity contribution in [2.75, 3.05) is 19.0 Å². The van der Waals surface area contributed by atoms with Gasteiger partial charge in [0.15, 0.2) is 6.29 Å². The molecule has 1 N–H and O–H groups in total. The van der Waals surface area contributed by atoms with Crippen molar-refractivity contribution in [3.63, 3.8) is 0 Å². The van der Waals surface area contributed by atoms with E-state index in [1.807, 2.05) is 43.4 Å². The summed E-state index contributed by atoms with van der Waals surface area (Å²) in [5, 5.41) is 11.8. The molecule has 0 aliphatic carbocycles. The second kappa shape index (κ2) is 9.80. The van der Waals surface area contributed by atoms with Crippen molar-refractivity contribution >= 4 is 17.9 Å². The van der Waals surface area contributed by atoms with Gasteiger partial charge in [-0.3, -0.25) is 4.79 Å². The zero-order valence-corrected chi connectivity index (χ0v) is 14.0. The molecule has 2 aromatic rings. The molecule has 0 saturated carbocycles. The van der Waals surface area contributed by atoms with Gasteiger partial charge in [0.1, 0.15) is 6.61 Å². The highest BCUT2D eigenvalue weighted by Crippen LogP contribution is 2.17. The van der Waals surface area contributed by atoms with E-state index >= 15 is 0 Å². The Balaban J connectivity index is 0.000000300. The summed E-state index contributed by atoms with van der Waals surface area (Å²) in [6.07, 6.45) is 0.520. The van der Waals surface area contributed by atoms with Gasteiger partial charge in [-0.1, -0.05) is 18.2 Å². The lowest BCUT2D eigenvalue weighted by Crippen LogP contribution is -2.11. The van der Waals surface area contributed by atoms with Crippen molar-refractivity contribution in [2.45, 2.75) is 13.8 Å². The van der Waals surface area contributed by atoms with Gasteiger partial charge in [-0.05, 0) is 49.2 Å². The number of ether oxygens (including phenoxy) is 1. The summed E-state index contributed by atoms with van der Waals surface area (Å²) in [5.74, 6) is -0.536. The molecule has 0 aromatic heterocycles.